The molecule has 118 valence electrons. The van der Waals surface area contributed by atoms with Crippen LogP contribution in [0.2, 0.25) is 0 Å². The normalized spacial score (nSPS) is 14.2. The third-order valence-electron chi connectivity index (χ3n) is 4.31. The molecule has 1 aliphatic rings. The first-order valence-electron chi connectivity index (χ1n) is 7.98. The fourth-order valence-corrected chi connectivity index (χ4v) is 3.01. The molecule has 0 amide bonds. The molecule has 0 aliphatic heterocycles. The van der Waals surface area contributed by atoms with Crippen molar-refractivity contribution in [2.45, 2.75) is 39.2 Å². The van der Waals surface area contributed by atoms with Gasteiger partial charge in [-0.25, -0.2) is 0 Å². The van der Waals surface area contributed by atoms with E-state index in [1.54, 1.807) is 31.2 Å². The second-order valence-electron chi connectivity index (χ2n) is 6.05. The third kappa shape index (κ3) is 3.34. The van der Waals surface area contributed by atoms with E-state index in [1.165, 1.54) is 18.1 Å². The van der Waals surface area contributed by atoms with Gasteiger partial charge in [0.15, 0.2) is 11.9 Å². The molecule has 0 N–H and O–H groups in total. The van der Waals surface area contributed by atoms with Crippen molar-refractivity contribution in [2.24, 2.45) is 0 Å². The molecule has 1 atom stereocenters. The zero-order valence-corrected chi connectivity index (χ0v) is 13.5. The van der Waals surface area contributed by atoms with E-state index in [0.717, 1.165) is 19.3 Å². The first kappa shape index (κ1) is 15.5. The zero-order chi connectivity index (χ0) is 16.4. The Kier molecular flexibility index (Phi) is 4.28. The smallest absolute Gasteiger partial charge is 0.203 e. The number of fused-ring (bicyclic) bond motifs is 1. The lowest BCUT2D eigenvalue weighted by atomic mass is 10.0. The molecule has 3 rings (SSSR count). The molecule has 23 heavy (non-hydrogen) atoms. The van der Waals surface area contributed by atoms with E-state index < -0.39 is 6.10 Å². The molecule has 0 bridgehead atoms. The minimum absolute atomic E-state index is 0.0203. The largest absolute Gasteiger partial charge is 0.483 e. The molecule has 0 fully saturated rings. The van der Waals surface area contributed by atoms with Crippen LogP contribution in [0.15, 0.2) is 42.5 Å². The lowest BCUT2D eigenvalue weighted by Crippen LogP contribution is -2.24. The fourth-order valence-electron chi connectivity index (χ4n) is 3.01. The van der Waals surface area contributed by atoms with E-state index in [2.05, 4.69) is 6.07 Å². The maximum atomic E-state index is 12.6. The van der Waals surface area contributed by atoms with Crippen molar-refractivity contribution in [3.05, 3.63) is 64.7 Å². The minimum Gasteiger partial charge on any atom is -0.483 e. The topological polar surface area (TPSA) is 43.4 Å². The van der Waals surface area contributed by atoms with E-state index in [-0.39, 0.29) is 11.6 Å². The van der Waals surface area contributed by atoms with E-state index >= 15 is 0 Å². The number of rotatable bonds is 5. The summed E-state index contributed by atoms with van der Waals surface area (Å²) in [5.41, 5.74) is 3.91. The summed E-state index contributed by atoms with van der Waals surface area (Å²) in [6, 6.07) is 12.9. The number of ether oxygens (including phenoxy) is 1. The zero-order valence-electron chi connectivity index (χ0n) is 13.5. The standard InChI is InChI=1S/C20H20O3/c1-13(21)16-6-4-8-19(12-16)23-14(2)20(22)18-10-9-15-5-3-7-17(15)11-18/h4,6,8-12,14H,3,5,7H2,1-2H3/t14-/m1/s1. The number of hydrogen-bond donors (Lipinski definition) is 0. The van der Waals surface area contributed by atoms with Gasteiger partial charge in [-0.3, -0.25) is 9.59 Å². The van der Waals surface area contributed by atoms with Crippen LogP contribution in [0.25, 0.3) is 0 Å². The number of ketones is 2. The van der Waals surface area contributed by atoms with E-state index in [4.69, 9.17) is 4.74 Å². The van der Waals surface area contributed by atoms with Crippen LogP contribution in [0.3, 0.4) is 0 Å². The molecule has 0 spiro atoms. The first-order chi connectivity index (χ1) is 11.0. The molecule has 0 heterocycles. The number of benzene rings is 2. The van der Waals surface area contributed by atoms with Crippen molar-refractivity contribution in [1.29, 1.82) is 0 Å². The van der Waals surface area contributed by atoms with Crippen molar-refractivity contribution in [2.75, 3.05) is 0 Å². The Morgan fingerprint density at radius 2 is 1.78 bits per heavy atom. The summed E-state index contributed by atoms with van der Waals surface area (Å²) in [6.45, 7) is 3.26. The highest BCUT2D eigenvalue weighted by atomic mass is 16.5. The number of hydrogen-bond acceptors (Lipinski definition) is 3. The molecular weight excluding hydrogens is 288 g/mol. The van der Waals surface area contributed by atoms with Crippen LogP contribution in [0.1, 0.15) is 52.1 Å². The van der Waals surface area contributed by atoms with Gasteiger partial charge in [0, 0.05) is 11.1 Å². The summed E-state index contributed by atoms with van der Waals surface area (Å²) in [5.74, 6) is 0.487. The van der Waals surface area contributed by atoms with Crippen LogP contribution in [-0.4, -0.2) is 17.7 Å². The average Bonchev–Trinajstić information content (AvgIpc) is 3.01. The summed E-state index contributed by atoms with van der Waals surface area (Å²) in [5, 5.41) is 0. The van der Waals surface area contributed by atoms with Gasteiger partial charge in [-0.1, -0.05) is 24.3 Å². The Labute approximate surface area is 136 Å². The second-order valence-corrected chi connectivity index (χ2v) is 6.05. The van der Waals surface area contributed by atoms with Crippen LogP contribution in [0, 0.1) is 0 Å². The van der Waals surface area contributed by atoms with Gasteiger partial charge in [0.1, 0.15) is 5.75 Å². The lowest BCUT2D eigenvalue weighted by molar-refractivity contribution is 0.0818. The van der Waals surface area contributed by atoms with E-state index in [0.29, 0.717) is 16.9 Å². The summed E-state index contributed by atoms with van der Waals surface area (Å²) in [7, 11) is 0. The Hall–Kier alpha value is -2.42. The van der Waals surface area contributed by atoms with Crippen LogP contribution >= 0.6 is 0 Å². The Balaban J connectivity index is 1.75. The van der Waals surface area contributed by atoms with Crippen molar-refractivity contribution >= 4 is 11.6 Å². The van der Waals surface area contributed by atoms with E-state index in [9.17, 15) is 9.59 Å². The maximum Gasteiger partial charge on any atom is 0.203 e. The SMILES string of the molecule is CC(=O)c1cccc(O[C@H](C)C(=O)c2ccc3c(c2)CCC3)c1. The van der Waals surface area contributed by atoms with Gasteiger partial charge >= 0.3 is 0 Å². The molecule has 1 aliphatic carbocycles. The molecule has 0 saturated heterocycles. The van der Waals surface area contributed by atoms with Gasteiger partial charge in [0.2, 0.25) is 5.78 Å². The molecule has 3 heteroatoms. The number of Topliss-reactive ketones (excluding diaryl/α,β-unsaturated/α-hetero) is 2. The number of aryl methyl sites for hydroxylation is 2. The highest BCUT2D eigenvalue weighted by molar-refractivity contribution is 5.99. The molecule has 0 unspecified atom stereocenters. The summed E-state index contributed by atoms with van der Waals surface area (Å²) in [4.78, 5) is 24.0. The molecule has 3 nitrogen and oxygen atoms in total. The van der Waals surface area contributed by atoms with Gasteiger partial charge in [0.05, 0.1) is 0 Å². The quantitative estimate of drug-likeness (QED) is 0.783. The Bertz CT molecular complexity index is 761. The van der Waals surface area contributed by atoms with Gasteiger partial charge in [0.25, 0.3) is 0 Å². The fraction of sp³-hybridized carbons (Fsp3) is 0.300. The lowest BCUT2D eigenvalue weighted by Gasteiger charge is -2.15. The summed E-state index contributed by atoms with van der Waals surface area (Å²) < 4.78 is 5.74. The van der Waals surface area contributed by atoms with Gasteiger partial charge in [-0.2, -0.15) is 0 Å². The van der Waals surface area contributed by atoms with Gasteiger partial charge in [-0.05, 0) is 62.4 Å². The van der Waals surface area contributed by atoms with Crippen molar-refractivity contribution in [1.82, 2.24) is 0 Å². The maximum absolute atomic E-state index is 12.6. The average molecular weight is 308 g/mol. The first-order valence-corrected chi connectivity index (χ1v) is 7.98. The molecule has 0 aromatic heterocycles. The summed E-state index contributed by atoms with van der Waals surface area (Å²) in [6.07, 6.45) is 2.73. The predicted molar refractivity (Wildman–Crippen MR) is 89.3 cm³/mol. The molecule has 2 aromatic carbocycles. The molecular formula is C20H20O3. The van der Waals surface area contributed by atoms with Crippen LogP contribution in [0.5, 0.6) is 5.75 Å². The second kappa shape index (κ2) is 6.37. The van der Waals surface area contributed by atoms with E-state index in [1.807, 2.05) is 12.1 Å². The van der Waals surface area contributed by atoms with Crippen LogP contribution in [0.4, 0.5) is 0 Å². The van der Waals surface area contributed by atoms with Gasteiger partial charge < -0.3 is 4.74 Å². The predicted octanol–water partition coefficient (Wildman–Crippen LogP) is 4.03. The highest BCUT2D eigenvalue weighted by Crippen LogP contribution is 2.24. The number of carbonyl (C=O) groups excluding carboxylic acids is 2. The van der Waals surface area contributed by atoms with Crippen molar-refractivity contribution < 1.29 is 14.3 Å². The van der Waals surface area contributed by atoms with Gasteiger partial charge in [-0.15, -0.1) is 0 Å². The molecule has 0 radical (unpaired) electrons. The van der Waals surface area contributed by atoms with Crippen LogP contribution in [-0.2, 0) is 12.8 Å². The highest BCUT2D eigenvalue weighted by Gasteiger charge is 2.20. The molecule has 2 aromatic rings. The molecule has 0 saturated carbocycles. The Morgan fingerprint density at radius 3 is 2.57 bits per heavy atom. The monoisotopic (exact) mass is 308 g/mol. The minimum atomic E-state index is -0.586. The summed E-state index contributed by atoms with van der Waals surface area (Å²) >= 11 is 0. The Morgan fingerprint density at radius 1 is 1.00 bits per heavy atom. The van der Waals surface area contributed by atoms with Crippen molar-refractivity contribution in [3.8, 4) is 5.75 Å². The third-order valence-corrected chi connectivity index (χ3v) is 4.31. The van der Waals surface area contributed by atoms with Crippen molar-refractivity contribution in [3.63, 3.8) is 0 Å². The number of carbonyl (C=O) groups is 2. The van der Waals surface area contributed by atoms with Crippen LogP contribution < -0.4 is 4.74 Å².